The van der Waals surface area contributed by atoms with Crippen LogP contribution in [0.15, 0.2) is 78.9 Å². The van der Waals surface area contributed by atoms with Crippen LogP contribution in [-0.2, 0) is 11.8 Å². The molecule has 116 valence electrons. The van der Waals surface area contributed by atoms with Crippen molar-refractivity contribution < 1.29 is 10.2 Å². The Balaban J connectivity index is 2.13. The summed E-state index contributed by atoms with van der Waals surface area (Å²) in [5.74, 6) is 0.553. The lowest BCUT2D eigenvalue weighted by molar-refractivity contribution is 0.455. The van der Waals surface area contributed by atoms with E-state index in [4.69, 9.17) is 0 Å². The van der Waals surface area contributed by atoms with Gasteiger partial charge in [-0.1, -0.05) is 67.6 Å². The molecule has 0 heterocycles. The molecule has 2 heteroatoms. The fourth-order valence-electron chi connectivity index (χ4n) is 3.07. The lowest BCUT2D eigenvalue weighted by Crippen LogP contribution is -2.26. The summed E-state index contributed by atoms with van der Waals surface area (Å²) >= 11 is 0. The van der Waals surface area contributed by atoms with Gasteiger partial charge in [0, 0.05) is 5.41 Å². The van der Waals surface area contributed by atoms with Crippen LogP contribution in [0.25, 0.3) is 0 Å². The molecule has 3 aromatic rings. The minimum Gasteiger partial charge on any atom is -0.508 e. The molecular weight excluding hydrogens is 284 g/mol. The van der Waals surface area contributed by atoms with E-state index in [-0.39, 0.29) is 11.2 Å². The Kier molecular flexibility index (Phi) is 4.07. The molecule has 0 amide bonds. The minimum atomic E-state index is -0.348. The molecule has 0 fully saturated rings. The van der Waals surface area contributed by atoms with E-state index in [2.05, 4.69) is 19.1 Å². The molecule has 0 saturated heterocycles. The quantitative estimate of drug-likeness (QED) is 0.737. The van der Waals surface area contributed by atoms with Gasteiger partial charge >= 0.3 is 0 Å². The average molecular weight is 304 g/mol. The van der Waals surface area contributed by atoms with E-state index >= 15 is 0 Å². The molecule has 1 unspecified atom stereocenters. The lowest BCUT2D eigenvalue weighted by Gasteiger charge is -2.31. The zero-order valence-electron chi connectivity index (χ0n) is 13.1. The third-order valence-electron chi connectivity index (χ3n) is 4.43. The van der Waals surface area contributed by atoms with Crippen LogP contribution >= 0.6 is 0 Å². The van der Waals surface area contributed by atoms with E-state index in [0.29, 0.717) is 12.2 Å². The van der Waals surface area contributed by atoms with E-state index in [1.54, 1.807) is 18.2 Å². The summed E-state index contributed by atoms with van der Waals surface area (Å²) in [7, 11) is 0. The van der Waals surface area contributed by atoms with Crippen LogP contribution in [0.2, 0.25) is 0 Å². The molecule has 1 atom stereocenters. The summed E-state index contributed by atoms with van der Waals surface area (Å²) in [6.07, 6.45) is 0.646. The minimum absolute atomic E-state index is 0.252. The van der Waals surface area contributed by atoms with Crippen molar-refractivity contribution in [3.63, 3.8) is 0 Å². The van der Waals surface area contributed by atoms with Crippen LogP contribution in [0.1, 0.15) is 23.6 Å². The first-order valence-corrected chi connectivity index (χ1v) is 7.71. The third kappa shape index (κ3) is 3.07. The first-order valence-electron chi connectivity index (χ1n) is 7.71. The Hall–Kier alpha value is -2.74. The third-order valence-corrected chi connectivity index (χ3v) is 4.43. The monoisotopic (exact) mass is 304 g/mol. The highest BCUT2D eigenvalue weighted by molar-refractivity contribution is 5.45. The molecule has 2 N–H and O–H groups in total. The molecule has 2 nitrogen and oxygen atoms in total. The molecule has 0 bridgehead atoms. The van der Waals surface area contributed by atoms with Crippen molar-refractivity contribution in [2.45, 2.75) is 18.8 Å². The smallest absolute Gasteiger partial charge is 0.118 e. The standard InChI is InChI=1S/C21H20O2/c1-21(17-9-3-2-4-10-17,18-11-7-12-19(22)14-18)15-16-8-5-6-13-20(16)23/h2-14,22-23H,15H2,1H3. The Bertz CT molecular complexity index is 796. The fourth-order valence-corrected chi connectivity index (χ4v) is 3.07. The van der Waals surface area contributed by atoms with Gasteiger partial charge in [0.15, 0.2) is 0 Å². The average Bonchev–Trinajstić information content (AvgIpc) is 2.58. The van der Waals surface area contributed by atoms with Crippen LogP contribution in [0.3, 0.4) is 0 Å². The molecule has 0 spiro atoms. The van der Waals surface area contributed by atoms with E-state index in [0.717, 1.165) is 16.7 Å². The van der Waals surface area contributed by atoms with Gasteiger partial charge < -0.3 is 10.2 Å². The van der Waals surface area contributed by atoms with Gasteiger partial charge in [-0.3, -0.25) is 0 Å². The largest absolute Gasteiger partial charge is 0.508 e. The second kappa shape index (κ2) is 6.17. The topological polar surface area (TPSA) is 40.5 Å². The summed E-state index contributed by atoms with van der Waals surface area (Å²) in [5, 5.41) is 20.1. The zero-order chi connectivity index (χ0) is 16.3. The van der Waals surface area contributed by atoms with Gasteiger partial charge in [0.1, 0.15) is 11.5 Å². The van der Waals surface area contributed by atoms with Gasteiger partial charge in [-0.2, -0.15) is 0 Å². The number of hydrogen-bond acceptors (Lipinski definition) is 2. The molecule has 0 saturated carbocycles. The number of hydrogen-bond donors (Lipinski definition) is 2. The molecule has 0 aromatic heterocycles. The van der Waals surface area contributed by atoms with Gasteiger partial charge in [0.2, 0.25) is 0 Å². The summed E-state index contributed by atoms with van der Waals surface area (Å²) in [4.78, 5) is 0. The van der Waals surface area contributed by atoms with Crippen molar-refractivity contribution in [2.75, 3.05) is 0 Å². The highest BCUT2D eigenvalue weighted by Crippen LogP contribution is 2.38. The first kappa shape index (κ1) is 15.2. The molecule has 0 aliphatic heterocycles. The van der Waals surface area contributed by atoms with Crippen molar-refractivity contribution >= 4 is 0 Å². The SMILES string of the molecule is CC(Cc1ccccc1O)(c1ccccc1)c1cccc(O)c1. The number of phenols is 2. The molecule has 3 rings (SSSR count). The second-order valence-corrected chi connectivity index (χ2v) is 6.05. The molecule has 0 radical (unpaired) electrons. The maximum atomic E-state index is 10.2. The summed E-state index contributed by atoms with van der Waals surface area (Å²) in [6, 6.07) is 25.0. The Morgan fingerprint density at radius 3 is 2.09 bits per heavy atom. The first-order chi connectivity index (χ1) is 11.1. The van der Waals surface area contributed by atoms with E-state index in [1.165, 1.54) is 0 Å². The molecule has 23 heavy (non-hydrogen) atoms. The van der Waals surface area contributed by atoms with Crippen molar-refractivity contribution in [1.82, 2.24) is 0 Å². The predicted molar refractivity (Wildman–Crippen MR) is 92.8 cm³/mol. The lowest BCUT2D eigenvalue weighted by atomic mass is 9.72. The van der Waals surface area contributed by atoms with Gasteiger partial charge in [-0.25, -0.2) is 0 Å². The Morgan fingerprint density at radius 1 is 0.739 bits per heavy atom. The normalized spacial score (nSPS) is 13.4. The zero-order valence-corrected chi connectivity index (χ0v) is 13.1. The van der Waals surface area contributed by atoms with Crippen LogP contribution < -0.4 is 0 Å². The number of phenolic OH excluding ortho intramolecular Hbond substituents is 2. The number of aromatic hydroxyl groups is 2. The number of benzene rings is 3. The molecular formula is C21H20O2. The van der Waals surface area contributed by atoms with Crippen molar-refractivity contribution in [2.24, 2.45) is 0 Å². The summed E-state index contributed by atoms with van der Waals surface area (Å²) < 4.78 is 0. The van der Waals surface area contributed by atoms with Crippen LogP contribution in [0.5, 0.6) is 11.5 Å². The highest BCUT2D eigenvalue weighted by atomic mass is 16.3. The predicted octanol–water partition coefficient (Wildman–Crippen LogP) is 4.65. The van der Waals surface area contributed by atoms with E-state index in [9.17, 15) is 10.2 Å². The molecule has 0 aliphatic carbocycles. The van der Waals surface area contributed by atoms with Crippen molar-refractivity contribution in [1.29, 1.82) is 0 Å². The fraction of sp³-hybridized carbons (Fsp3) is 0.143. The number of rotatable bonds is 4. The molecule has 3 aromatic carbocycles. The van der Waals surface area contributed by atoms with Crippen LogP contribution in [-0.4, -0.2) is 10.2 Å². The number of para-hydroxylation sites is 1. The maximum absolute atomic E-state index is 10.2. The Morgan fingerprint density at radius 2 is 1.39 bits per heavy atom. The van der Waals surface area contributed by atoms with Gasteiger partial charge in [-0.05, 0) is 41.3 Å². The van der Waals surface area contributed by atoms with E-state index in [1.807, 2.05) is 48.5 Å². The van der Waals surface area contributed by atoms with Crippen LogP contribution in [0.4, 0.5) is 0 Å². The van der Waals surface area contributed by atoms with E-state index < -0.39 is 0 Å². The van der Waals surface area contributed by atoms with Gasteiger partial charge in [0.05, 0.1) is 0 Å². The van der Waals surface area contributed by atoms with Gasteiger partial charge in [-0.15, -0.1) is 0 Å². The highest BCUT2D eigenvalue weighted by Gasteiger charge is 2.30. The Labute approximate surface area is 136 Å². The maximum Gasteiger partial charge on any atom is 0.118 e. The summed E-state index contributed by atoms with van der Waals surface area (Å²) in [5.41, 5.74) is 2.71. The summed E-state index contributed by atoms with van der Waals surface area (Å²) in [6.45, 7) is 2.14. The van der Waals surface area contributed by atoms with Crippen molar-refractivity contribution in [3.05, 3.63) is 95.6 Å². The van der Waals surface area contributed by atoms with Crippen molar-refractivity contribution in [3.8, 4) is 11.5 Å². The second-order valence-electron chi connectivity index (χ2n) is 6.05. The molecule has 0 aliphatic rings. The van der Waals surface area contributed by atoms with Gasteiger partial charge in [0.25, 0.3) is 0 Å². The van der Waals surface area contributed by atoms with Crippen LogP contribution in [0, 0.1) is 0 Å².